The number of piperidine rings is 1. The molecule has 0 spiro atoms. The monoisotopic (exact) mass is 340 g/mol. The van der Waals surface area contributed by atoms with Gasteiger partial charge in [0.2, 0.25) is 10.0 Å². The van der Waals surface area contributed by atoms with Crippen LogP contribution < -0.4 is 5.32 Å². The molecule has 1 amide bonds. The number of hydrogen-bond acceptors (Lipinski definition) is 4. The van der Waals surface area contributed by atoms with E-state index in [1.54, 1.807) is 18.2 Å². The Bertz CT molecular complexity index is 637. The third kappa shape index (κ3) is 4.68. The van der Waals surface area contributed by atoms with Crippen molar-refractivity contribution in [2.75, 3.05) is 18.8 Å². The molecule has 2 N–H and O–H groups in total. The fourth-order valence-electron chi connectivity index (χ4n) is 2.66. The lowest BCUT2D eigenvalue weighted by Crippen LogP contribution is -2.47. The fraction of sp³-hybridized carbons (Fsp3) is 0.562. The Balaban J connectivity index is 1.88. The number of nitrogens with one attached hydrogen (secondary N) is 1. The molecule has 0 unspecified atom stereocenters. The van der Waals surface area contributed by atoms with Crippen molar-refractivity contribution in [3.63, 3.8) is 0 Å². The highest BCUT2D eigenvalue weighted by molar-refractivity contribution is 7.89. The van der Waals surface area contributed by atoms with E-state index in [1.165, 1.54) is 10.4 Å². The molecule has 0 radical (unpaired) electrons. The molecule has 128 valence electrons. The standard InChI is InChI=1S/C16H24N2O4S/c1-2-3-12-23(21,22)18-10-8-13(9-11-18)17-16(20)14-6-4-5-7-15(14)19/h4-7,13,19H,2-3,8-12H2,1H3,(H,17,20). The molecular weight excluding hydrogens is 316 g/mol. The van der Waals surface area contributed by atoms with Crippen molar-refractivity contribution >= 4 is 15.9 Å². The van der Waals surface area contributed by atoms with E-state index in [9.17, 15) is 18.3 Å². The van der Waals surface area contributed by atoms with E-state index >= 15 is 0 Å². The maximum absolute atomic E-state index is 12.2. The Morgan fingerprint density at radius 3 is 2.57 bits per heavy atom. The average molecular weight is 340 g/mol. The van der Waals surface area contributed by atoms with Crippen molar-refractivity contribution in [1.82, 2.24) is 9.62 Å². The molecular formula is C16H24N2O4S. The SMILES string of the molecule is CCCCS(=O)(=O)N1CCC(NC(=O)c2ccccc2O)CC1. The summed E-state index contributed by atoms with van der Waals surface area (Å²) in [6.07, 6.45) is 2.70. The number of hydrogen-bond donors (Lipinski definition) is 2. The van der Waals surface area contributed by atoms with E-state index in [0.717, 1.165) is 6.42 Å². The molecule has 1 aliphatic rings. The van der Waals surface area contributed by atoms with Crippen molar-refractivity contribution in [1.29, 1.82) is 0 Å². The Labute approximate surface area is 137 Å². The first-order chi connectivity index (χ1) is 10.9. The van der Waals surface area contributed by atoms with Crippen LogP contribution in [-0.2, 0) is 10.0 Å². The van der Waals surface area contributed by atoms with Crippen molar-refractivity contribution in [3.8, 4) is 5.75 Å². The van der Waals surface area contributed by atoms with Crippen molar-refractivity contribution in [2.45, 2.75) is 38.6 Å². The fourth-order valence-corrected chi connectivity index (χ4v) is 4.34. The molecule has 0 atom stereocenters. The van der Waals surface area contributed by atoms with E-state index < -0.39 is 10.0 Å². The number of rotatable bonds is 6. The van der Waals surface area contributed by atoms with E-state index in [1.807, 2.05) is 6.92 Å². The van der Waals surface area contributed by atoms with E-state index in [-0.39, 0.29) is 29.0 Å². The molecule has 0 aliphatic carbocycles. The van der Waals surface area contributed by atoms with Gasteiger partial charge in [-0.15, -0.1) is 0 Å². The third-order valence-corrected chi connectivity index (χ3v) is 6.04. The second-order valence-electron chi connectivity index (χ2n) is 5.83. The zero-order chi connectivity index (χ0) is 16.9. The largest absolute Gasteiger partial charge is 0.507 e. The van der Waals surface area contributed by atoms with Crippen LogP contribution in [0.5, 0.6) is 5.75 Å². The molecule has 1 saturated heterocycles. The highest BCUT2D eigenvalue weighted by Gasteiger charge is 2.28. The number of aromatic hydroxyl groups is 1. The molecule has 23 heavy (non-hydrogen) atoms. The zero-order valence-electron chi connectivity index (χ0n) is 13.4. The zero-order valence-corrected chi connectivity index (χ0v) is 14.2. The van der Waals surface area contributed by atoms with Gasteiger partial charge in [0.1, 0.15) is 5.75 Å². The number of benzene rings is 1. The molecule has 7 heteroatoms. The summed E-state index contributed by atoms with van der Waals surface area (Å²) < 4.78 is 25.8. The van der Waals surface area contributed by atoms with Crippen LogP contribution >= 0.6 is 0 Å². The quantitative estimate of drug-likeness (QED) is 0.825. The first kappa shape index (κ1) is 17.7. The number of sulfonamides is 1. The Kier molecular flexibility index (Phi) is 6.01. The minimum absolute atomic E-state index is 0.0513. The van der Waals surface area contributed by atoms with Gasteiger partial charge in [0.15, 0.2) is 0 Å². The smallest absolute Gasteiger partial charge is 0.255 e. The molecule has 0 saturated carbocycles. The maximum Gasteiger partial charge on any atom is 0.255 e. The molecule has 1 aromatic rings. The van der Waals surface area contributed by atoms with Crippen LogP contribution in [0.1, 0.15) is 43.0 Å². The lowest BCUT2D eigenvalue weighted by atomic mass is 10.1. The summed E-state index contributed by atoms with van der Waals surface area (Å²) in [6.45, 7) is 2.83. The second-order valence-corrected chi connectivity index (χ2v) is 7.92. The summed E-state index contributed by atoms with van der Waals surface area (Å²) in [5, 5.41) is 12.6. The van der Waals surface area contributed by atoms with Gasteiger partial charge in [0.05, 0.1) is 11.3 Å². The van der Waals surface area contributed by atoms with Gasteiger partial charge >= 0.3 is 0 Å². The van der Waals surface area contributed by atoms with Gasteiger partial charge in [0, 0.05) is 19.1 Å². The molecule has 0 aromatic heterocycles. The van der Waals surface area contributed by atoms with Gasteiger partial charge in [-0.1, -0.05) is 25.5 Å². The molecule has 1 fully saturated rings. The predicted molar refractivity (Wildman–Crippen MR) is 88.9 cm³/mol. The maximum atomic E-state index is 12.2. The van der Waals surface area contributed by atoms with Crippen LogP contribution in [0.3, 0.4) is 0 Å². The van der Waals surface area contributed by atoms with Gasteiger partial charge in [0.25, 0.3) is 5.91 Å². The highest BCUT2D eigenvalue weighted by Crippen LogP contribution is 2.18. The molecule has 1 heterocycles. The van der Waals surface area contributed by atoms with Crippen LogP contribution in [0.4, 0.5) is 0 Å². The molecule has 2 rings (SSSR count). The Morgan fingerprint density at radius 2 is 1.96 bits per heavy atom. The lowest BCUT2D eigenvalue weighted by molar-refractivity contribution is 0.0921. The van der Waals surface area contributed by atoms with E-state index in [4.69, 9.17) is 0 Å². The van der Waals surface area contributed by atoms with Gasteiger partial charge in [-0.05, 0) is 31.4 Å². The van der Waals surface area contributed by atoms with Crippen molar-refractivity contribution < 1.29 is 18.3 Å². The van der Waals surface area contributed by atoms with Crippen LogP contribution in [0.2, 0.25) is 0 Å². The number of para-hydroxylation sites is 1. The summed E-state index contributed by atoms with van der Waals surface area (Å²) in [5.41, 5.74) is 0.241. The van der Waals surface area contributed by atoms with Crippen LogP contribution in [0.15, 0.2) is 24.3 Å². The molecule has 1 aromatic carbocycles. The van der Waals surface area contributed by atoms with Gasteiger partial charge in [-0.2, -0.15) is 0 Å². The summed E-state index contributed by atoms with van der Waals surface area (Å²) in [5.74, 6) is -0.182. The van der Waals surface area contributed by atoms with Gasteiger partial charge in [-0.25, -0.2) is 12.7 Å². The number of nitrogens with zero attached hydrogens (tertiary/aromatic N) is 1. The number of carbonyl (C=O) groups is 1. The number of amides is 1. The molecule has 0 bridgehead atoms. The summed E-state index contributed by atoms with van der Waals surface area (Å²) in [4.78, 5) is 12.2. The topological polar surface area (TPSA) is 86.7 Å². The van der Waals surface area contributed by atoms with E-state index in [2.05, 4.69) is 5.32 Å². The first-order valence-corrected chi connectivity index (χ1v) is 9.61. The lowest BCUT2D eigenvalue weighted by Gasteiger charge is -2.31. The van der Waals surface area contributed by atoms with Crippen LogP contribution in [-0.4, -0.2) is 48.6 Å². The number of phenols is 1. The van der Waals surface area contributed by atoms with Crippen LogP contribution in [0, 0.1) is 0 Å². The Hall–Kier alpha value is -1.60. The van der Waals surface area contributed by atoms with E-state index in [0.29, 0.717) is 32.4 Å². The molecule has 1 aliphatic heterocycles. The molecule has 6 nitrogen and oxygen atoms in total. The minimum atomic E-state index is -3.18. The van der Waals surface area contributed by atoms with Crippen molar-refractivity contribution in [3.05, 3.63) is 29.8 Å². The Morgan fingerprint density at radius 1 is 1.30 bits per heavy atom. The average Bonchev–Trinajstić information content (AvgIpc) is 2.54. The van der Waals surface area contributed by atoms with Gasteiger partial charge in [-0.3, -0.25) is 4.79 Å². The number of unbranched alkanes of at least 4 members (excludes halogenated alkanes) is 1. The summed E-state index contributed by atoms with van der Waals surface area (Å²) >= 11 is 0. The van der Waals surface area contributed by atoms with Crippen molar-refractivity contribution in [2.24, 2.45) is 0 Å². The number of carbonyl (C=O) groups excluding carboxylic acids is 1. The summed E-state index contributed by atoms with van der Waals surface area (Å²) in [6, 6.07) is 6.32. The highest BCUT2D eigenvalue weighted by atomic mass is 32.2. The van der Waals surface area contributed by atoms with Crippen LogP contribution in [0.25, 0.3) is 0 Å². The number of phenolic OH excluding ortho intramolecular Hbond substituents is 1. The second kappa shape index (κ2) is 7.79. The minimum Gasteiger partial charge on any atom is -0.507 e. The normalized spacial score (nSPS) is 17.1. The predicted octanol–water partition coefficient (Wildman–Crippen LogP) is 1.72. The third-order valence-electron chi connectivity index (χ3n) is 4.09. The first-order valence-electron chi connectivity index (χ1n) is 8.00. The summed E-state index contributed by atoms with van der Waals surface area (Å²) in [7, 11) is -3.18. The van der Waals surface area contributed by atoms with Gasteiger partial charge < -0.3 is 10.4 Å².